The third kappa shape index (κ3) is 1.71. The fraction of sp³-hybridized carbons (Fsp3) is 0.167. The van der Waals surface area contributed by atoms with Crippen LogP contribution in [0.3, 0.4) is 0 Å². The molecule has 0 aliphatic rings. The number of oxazole rings is 1. The van der Waals surface area contributed by atoms with Gasteiger partial charge in [0, 0.05) is 19.2 Å². The van der Waals surface area contributed by atoms with Crippen LogP contribution in [-0.2, 0) is 13.6 Å². The minimum absolute atomic E-state index is 0.140. The average Bonchev–Trinajstić information content (AvgIpc) is 2.89. The Balaban J connectivity index is 2.26. The molecule has 19 heavy (non-hydrogen) atoms. The molecule has 0 radical (unpaired) electrons. The van der Waals surface area contributed by atoms with Crippen molar-refractivity contribution in [3.05, 3.63) is 44.7 Å². The van der Waals surface area contributed by atoms with Crippen LogP contribution in [0.1, 0.15) is 5.56 Å². The molecule has 7 nitrogen and oxygen atoms in total. The molecule has 0 unspecified atom stereocenters. The number of aromatic amines is 2. The lowest BCUT2D eigenvalue weighted by molar-refractivity contribution is 0.555. The highest BCUT2D eigenvalue weighted by Crippen LogP contribution is 2.23. The normalized spacial score (nSPS) is 11.3. The van der Waals surface area contributed by atoms with Crippen LogP contribution in [0.4, 0.5) is 0 Å². The maximum Gasteiger partial charge on any atom is 0.417 e. The number of nitrogens with one attached hydrogen (secondary N) is 2. The van der Waals surface area contributed by atoms with Gasteiger partial charge in [-0.05, 0) is 12.1 Å². The van der Waals surface area contributed by atoms with Crippen LogP contribution in [0.5, 0.6) is 0 Å². The van der Waals surface area contributed by atoms with Gasteiger partial charge in [0.2, 0.25) is 0 Å². The molecule has 98 valence electrons. The molecule has 2 heterocycles. The summed E-state index contributed by atoms with van der Waals surface area (Å²) < 4.78 is 6.37. The maximum atomic E-state index is 11.8. The highest BCUT2D eigenvalue weighted by atomic mass is 16.4. The summed E-state index contributed by atoms with van der Waals surface area (Å²) in [5, 5.41) is 2.95. The van der Waals surface area contributed by atoms with Gasteiger partial charge in [0.15, 0.2) is 5.58 Å². The number of hydrogen-bond donors (Lipinski definition) is 3. The molecule has 3 rings (SSSR count). The van der Waals surface area contributed by atoms with Crippen LogP contribution in [0.25, 0.3) is 22.4 Å². The highest BCUT2D eigenvalue weighted by Gasteiger charge is 2.13. The third-order valence-corrected chi connectivity index (χ3v) is 3.06. The van der Waals surface area contributed by atoms with Gasteiger partial charge in [-0.2, -0.15) is 0 Å². The Morgan fingerprint density at radius 2 is 2.16 bits per heavy atom. The molecule has 3 aromatic rings. The molecular formula is C12H12N4O3. The molecule has 0 saturated heterocycles. The predicted molar refractivity (Wildman–Crippen MR) is 69.8 cm³/mol. The number of benzene rings is 1. The van der Waals surface area contributed by atoms with Crippen LogP contribution in [0.15, 0.2) is 32.2 Å². The lowest BCUT2D eigenvalue weighted by Crippen LogP contribution is -2.17. The molecule has 0 atom stereocenters. The molecule has 0 bridgehead atoms. The maximum absolute atomic E-state index is 11.8. The summed E-state index contributed by atoms with van der Waals surface area (Å²) in [6.07, 6.45) is 0. The SMILES string of the molecule is Cn1[nH]c(-c2ccc3[nH]c(=O)oc3c2)c(CN)c1=O. The number of H-pyrrole nitrogens is 2. The summed E-state index contributed by atoms with van der Waals surface area (Å²) in [7, 11) is 1.62. The number of aromatic nitrogens is 3. The lowest BCUT2D eigenvalue weighted by Gasteiger charge is -2.00. The molecular weight excluding hydrogens is 248 g/mol. The summed E-state index contributed by atoms with van der Waals surface area (Å²) in [6.45, 7) is 0.140. The fourth-order valence-corrected chi connectivity index (χ4v) is 2.12. The zero-order valence-corrected chi connectivity index (χ0v) is 10.2. The molecule has 2 aromatic heterocycles. The lowest BCUT2D eigenvalue weighted by atomic mass is 10.1. The zero-order chi connectivity index (χ0) is 13.6. The molecule has 0 aliphatic carbocycles. The van der Waals surface area contributed by atoms with Gasteiger partial charge in [0.05, 0.1) is 16.8 Å². The van der Waals surface area contributed by atoms with Gasteiger partial charge in [-0.15, -0.1) is 0 Å². The largest absolute Gasteiger partial charge is 0.417 e. The first kappa shape index (κ1) is 11.5. The van der Waals surface area contributed by atoms with Crippen LogP contribution < -0.4 is 17.0 Å². The van der Waals surface area contributed by atoms with Crippen molar-refractivity contribution in [1.29, 1.82) is 0 Å². The Morgan fingerprint density at radius 1 is 1.37 bits per heavy atom. The molecule has 0 spiro atoms. The van der Waals surface area contributed by atoms with E-state index >= 15 is 0 Å². The molecule has 4 N–H and O–H groups in total. The average molecular weight is 260 g/mol. The van der Waals surface area contributed by atoms with Gasteiger partial charge in [0.1, 0.15) is 0 Å². The molecule has 7 heteroatoms. The van der Waals surface area contributed by atoms with E-state index in [1.165, 1.54) is 4.68 Å². The number of nitrogens with zero attached hydrogens (tertiary/aromatic N) is 1. The summed E-state index contributed by atoms with van der Waals surface area (Å²) in [5.41, 5.74) is 8.38. The molecule has 0 fully saturated rings. The second-order valence-electron chi connectivity index (χ2n) is 4.26. The number of nitrogens with two attached hydrogens (primary N) is 1. The van der Waals surface area contributed by atoms with E-state index in [1.54, 1.807) is 25.2 Å². The minimum Gasteiger partial charge on any atom is -0.408 e. The first-order valence-corrected chi connectivity index (χ1v) is 5.71. The Bertz CT molecular complexity index is 865. The van der Waals surface area contributed by atoms with Crippen molar-refractivity contribution in [1.82, 2.24) is 14.8 Å². The van der Waals surface area contributed by atoms with Crippen molar-refractivity contribution in [3.8, 4) is 11.3 Å². The molecule has 0 saturated carbocycles. The topological polar surface area (TPSA) is 110 Å². The summed E-state index contributed by atoms with van der Waals surface area (Å²) in [5.74, 6) is -0.507. The smallest absolute Gasteiger partial charge is 0.408 e. The van der Waals surface area contributed by atoms with Gasteiger partial charge in [-0.1, -0.05) is 6.07 Å². The number of fused-ring (bicyclic) bond motifs is 1. The molecule has 0 aliphatic heterocycles. The van der Waals surface area contributed by atoms with E-state index in [2.05, 4.69) is 10.1 Å². The van der Waals surface area contributed by atoms with Crippen molar-refractivity contribution in [2.45, 2.75) is 6.54 Å². The summed E-state index contributed by atoms with van der Waals surface area (Å²) >= 11 is 0. The fourth-order valence-electron chi connectivity index (χ4n) is 2.12. The summed E-state index contributed by atoms with van der Waals surface area (Å²) in [4.78, 5) is 25.5. The van der Waals surface area contributed by atoms with E-state index in [1.807, 2.05) is 0 Å². The Kier molecular flexibility index (Phi) is 2.42. The van der Waals surface area contributed by atoms with Crippen LogP contribution in [0.2, 0.25) is 0 Å². The van der Waals surface area contributed by atoms with E-state index in [-0.39, 0.29) is 12.1 Å². The number of aryl methyl sites for hydroxylation is 1. The van der Waals surface area contributed by atoms with Gasteiger partial charge < -0.3 is 10.2 Å². The highest BCUT2D eigenvalue weighted by molar-refractivity contribution is 5.79. The molecule has 0 amide bonds. The van der Waals surface area contributed by atoms with Crippen LogP contribution in [-0.4, -0.2) is 14.8 Å². The second kappa shape index (κ2) is 3.99. The van der Waals surface area contributed by atoms with Gasteiger partial charge in [0.25, 0.3) is 5.56 Å². The first-order valence-electron chi connectivity index (χ1n) is 5.71. The quantitative estimate of drug-likeness (QED) is 0.614. The van der Waals surface area contributed by atoms with Crippen molar-refractivity contribution in [3.63, 3.8) is 0 Å². The van der Waals surface area contributed by atoms with Crippen molar-refractivity contribution in [2.24, 2.45) is 12.8 Å². The Hall–Kier alpha value is -2.54. The standard InChI is InChI=1S/C12H12N4O3/c1-16-11(17)7(5-13)10(15-16)6-2-3-8-9(4-6)19-12(18)14-8/h2-4,15H,5,13H2,1H3,(H,14,18). The number of hydrogen-bond acceptors (Lipinski definition) is 4. The Morgan fingerprint density at radius 3 is 2.89 bits per heavy atom. The first-order chi connectivity index (χ1) is 9.10. The predicted octanol–water partition coefficient (Wildman–Crippen LogP) is 0.274. The number of rotatable bonds is 2. The van der Waals surface area contributed by atoms with Crippen molar-refractivity contribution in [2.75, 3.05) is 0 Å². The summed E-state index contributed by atoms with van der Waals surface area (Å²) in [6, 6.07) is 5.21. The van der Waals surface area contributed by atoms with E-state index in [4.69, 9.17) is 10.2 Å². The second-order valence-corrected chi connectivity index (χ2v) is 4.26. The van der Waals surface area contributed by atoms with Crippen molar-refractivity contribution < 1.29 is 4.42 Å². The zero-order valence-electron chi connectivity index (χ0n) is 10.2. The van der Waals surface area contributed by atoms with Gasteiger partial charge in [-0.3, -0.25) is 19.6 Å². The minimum atomic E-state index is -0.507. The van der Waals surface area contributed by atoms with E-state index < -0.39 is 5.76 Å². The van der Waals surface area contributed by atoms with Gasteiger partial charge in [-0.25, -0.2) is 4.79 Å². The van der Waals surface area contributed by atoms with Crippen molar-refractivity contribution >= 4 is 11.1 Å². The van der Waals surface area contributed by atoms with E-state index in [9.17, 15) is 9.59 Å². The van der Waals surface area contributed by atoms with Gasteiger partial charge >= 0.3 is 5.76 Å². The third-order valence-electron chi connectivity index (χ3n) is 3.06. The monoisotopic (exact) mass is 260 g/mol. The van der Waals surface area contributed by atoms with E-state index in [0.29, 0.717) is 22.4 Å². The Labute approximate surface area is 106 Å². The van der Waals surface area contributed by atoms with E-state index in [0.717, 1.165) is 5.56 Å². The molecule has 1 aromatic carbocycles. The van der Waals surface area contributed by atoms with Crippen LogP contribution in [0, 0.1) is 0 Å². The van der Waals surface area contributed by atoms with Crippen LogP contribution >= 0.6 is 0 Å².